The van der Waals surface area contributed by atoms with Gasteiger partial charge in [-0.2, -0.15) is 0 Å². The minimum atomic E-state index is -0.571. The average molecular weight is 170 g/mol. The maximum absolute atomic E-state index is 12.8. The smallest absolute Gasteiger partial charge is 0.165 e. The molecule has 64 valence electrons. The SMILES string of the molecule is C=CCOc1cc(F)ccc1F. The third-order valence-corrected chi connectivity index (χ3v) is 1.25. The molecule has 0 saturated heterocycles. The Bertz CT molecular complexity index is 284. The molecule has 1 aromatic rings. The summed E-state index contributed by atoms with van der Waals surface area (Å²) in [6, 6.07) is 3.06. The second-order valence-electron chi connectivity index (χ2n) is 2.17. The minimum absolute atomic E-state index is 0.0881. The average Bonchev–Trinajstić information content (AvgIpc) is 2.07. The fraction of sp³-hybridized carbons (Fsp3) is 0.111. The highest BCUT2D eigenvalue weighted by Crippen LogP contribution is 2.17. The summed E-state index contributed by atoms with van der Waals surface area (Å²) in [4.78, 5) is 0. The number of rotatable bonds is 3. The molecule has 0 heterocycles. The van der Waals surface area contributed by atoms with Gasteiger partial charge in [-0.15, -0.1) is 0 Å². The zero-order chi connectivity index (χ0) is 8.97. The lowest BCUT2D eigenvalue weighted by molar-refractivity contribution is 0.339. The first-order valence-electron chi connectivity index (χ1n) is 3.43. The van der Waals surface area contributed by atoms with E-state index in [0.717, 1.165) is 18.2 Å². The van der Waals surface area contributed by atoms with Crippen LogP contribution in [0.15, 0.2) is 30.9 Å². The Morgan fingerprint density at radius 2 is 2.17 bits per heavy atom. The van der Waals surface area contributed by atoms with Crippen molar-refractivity contribution in [3.8, 4) is 5.75 Å². The van der Waals surface area contributed by atoms with Gasteiger partial charge in [0, 0.05) is 6.07 Å². The summed E-state index contributed by atoms with van der Waals surface area (Å²) in [5.41, 5.74) is 0. The maximum Gasteiger partial charge on any atom is 0.165 e. The van der Waals surface area contributed by atoms with Crippen LogP contribution in [-0.4, -0.2) is 6.61 Å². The summed E-state index contributed by atoms with van der Waals surface area (Å²) < 4.78 is 30.1. The Balaban J connectivity index is 2.82. The molecule has 0 amide bonds. The Labute approximate surface area is 69.3 Å². The maximum atomic E-state index is 12.8. The summed E-state index contributed by atoms with van der Waals surface area (Å²) in [5, 5.41) is 0. The Morgan fingerprint density at radius 1 is 1.42 bits per heavy atom. The van der Waals surface area contributed by atoms with Gasteiger partial charge in [-0.1, -0.05) is 12.7 Å². The summed E-state index contributed by atoms with van der Waals surface area (Å²) in [6.07, 6.45) is 1.46. The van der Waals surface area contributed by atoms with Gasteiger partial charge < -0.3 is 4.74 Å². The number of halogens is 2. The molecule has 0 spiro atoms. The summed E-state index contributed by atoms with van der Waals surface area (Å²) in [7, 11) is 0. The molecule has 0 N–H and O–H groups in total. The zero-order valence-corrected chi connectivity index (χ0v) is 6.39. The molecule has 0 unspecified atom stereocenters. The predicted octanol–water partition coefficient (Wildman–Crippen LogP) is 2.53. The third kappa shape index (κ3) is 2.05. The van der Waals surface area contributed by atoms with Crippen LogP contribution in [0.1, 0.15) is 0 Å². The highest BCUT2D eigenvalue weighted by atomic mass is 19.1. The topological polar surface area (TPSA) is 9.23 Å². The third-order valence-electron chi connectivity index (χ3n) is 1.25. The number of hydrogen-bond donors (Lipinski definition) is 0. The molecule has 1 nitrogen and oxygen atoms in total. The van der Waals surface area contributed by atoms with E-state index in [1.165, 1.54) is 6.08 Å². The van der Waals surface area contributed by atoms with E-state index in [1.807, 2.05) is 0 Å². The Hall–Kier alpha value is -1.38. The number of hydrogen-bond acceptors (Lipinski definition) is 1. The quantitative estimate of drug-likeness (QED) is 0.633. The molecule has 1 rings (SSSR count). The van der Waals surface area contributed by atoms with Gasteiger partial charge in [0.2, 0.25) is 0 Å². The first-order chi connectivity index (χ1) is 5.74. The Morgan fingerprint density at radius 3 is 2.83 bits per heavy atom. The van der Waals surface area contributed by atoms with Gasteiger partial charge in [-0.05, 0) is 12.1 Å². The van der Waals surface area contributed by atoms with Crippen LogP contribution < -0.4 is 4.74 Å². The normalized spacial score (nSPS) is 9.50. The molecule has 1 aromatic carbocycles. The van der Waals surface area contributed by atoms with Crippen LogP contribution in [0.2, 0.25) is 0 Å². The van der Waals surface area contributed by atoms with Gasteiger partial charge in [-0.25, -0.2) is 8.78 Å². The highest BCUT2D eigenvalue weighted by Gasteiger charge is 2.02. The van der Waals surface area contributed by atoms with Crippen LogP contribution in [0.4, 0.5) is 8.78 Å². The monoisotopic (exact) mass is 170 g/mol. The van der Waals surface area contributed by atoms with E-state index in [9.17, 15) is 8.78 Å². The van der Waals surface area contributed by atoms with Crippen LogP contribution >= 0.6 is 0 Å². The lowest BCUT2D eigenvalue weighted by atomic mass is 10.3. The van der Waals surface area contributed by atoms with Gasteiger partial charge in [0.1, 0.15) is 12.4 Å². The van der Waals surface area contributed by atoms with E-state index >= 15 is 0 Å². The molecule has 0 atom stereocenters. The predicted molar refractivity (Wildman–Crippen MR) is 42.1 cm³/mol. The first kappa shape index (κ1) is 8.71. The highest BCUT2D eigenvalue weighted by molar-refractivity contribution is 5.24. The zero-order valence-electron chi connectivity index (χ0n) is 6.39. The van der Waals surface area contributed by atoms with Crippen molar-refractivity contribution in [1.29, 1.82) is 0 Å². The van der Waals surface area contributed by atoms with E-state index in [1.54, 1.807) is 0 Å². The van der Waals surface area contributed by atoms with Crippen molar-refractivity contribution in [3.63, 3.8) is 0 Å². The van der Waals surface area contributed by atoms with Crippen LogP contribution in [0.5, 0.6) is 5.75 Å². The van der Waals surface area contributed by atoms with Gasteiger partial charge in [0.15, 0.2) is 11.6 Å². The molecule has 0 radical (unpaired) electrons. The molecule has 0 saturated carbocycles. The fourth-order valence-electron chi connectivity index (χ4n) is 0.737. The lowest BCUT2D eigenvalue weighted by Gasteiger charge is -2.03. The van der Waals surface area contributed by atoms with E-state index in [4.69, 9.17) is 4.74 Å². The summed E-state index contributed by atoms with van der Waals surface area (Å²) >= 11 is 0. The van der Waals surface area contributed by atoms with Gasteiger partial charge in [0.05, 0.1) is 0 Å². The fourth-order valence-corrected chi connectivity index (χ4v) is 0.737. The van der Waals surface area contributed by atoms with Crippen molar-refractivity contribution in [3.05, 3.63) is 42.5 Å². The Kier molecular flexibility index (Phi) is 2.80. The second kappa shape index (κ2) is 3.85. The van der Waals surface area contributed by atoms with Gasteiger partial charge >= 0.3 is 0 Å². The molecular formula is C9H8F2O. The molecule has 12 heavy (non-hydrogen) atoms. The van der Waals surface area contributed by atoms with Crippen LogP contribution in [0.25, 0.3) is 0 Å². The second-order valence-corrected chi connectivity index (χ2v) is 2.17. The van der Waals surface area contributed by atoms with Crippen LogP contribution in [-0.2, 0) is 0 Å². The van der Waals surface area contributed by atoms with E-state index in [2.05, 4.69) is 6.58 Å². The van der Waals surface area contributed by atoms with Crippen LogP contribution in [0.3, 0.4) is 0 Å². The summed E-state index contributed by atoms with van der Waals surface area (Å²) in [5.74, 6) is -1.18. The molecule has 0 aromatic heterocycles. The minimum Gasteiger partial charge on any atom is -0.486 e. The number of benzene rings is 1. The van der Waals surface area contributed by atoms with E-state index in [0.29, 0.717) is 0 Å². The van der Waals surface area contributed by atoms with Crippen LogP contribution in [0, 0.1) is 11.6 Å². The van der Waals surface area contributed by atoms with E-state index < -0.39 is 11.6 Å². The molecule has 0 aliphatic carbocycles. The lowest BCUT2D eigenvalue weighted by Crippen LogP contribution is -1.95. The molecule has 0 bridgehead atoms. The van der Waals surface area contributed by atoms with Crippen molar-refractivity contribution in [2.75, 3.05) is 6.61 Å². The van der Waals surface area contributed by atoms with Crippen molar-refractivity contribution in [1.82, 2.24) is 0 Å². The van der Waals surface area contributed by atoms with Gasteiger partial charge in [0.25, 0.3) is 0 Å². The largest absolute Gasteiger partial charge is 0.486 e. The molecular weight excluding hydrogens is 162 g/mol. The van der Waals surface area contributed by atoms with Gasteiger partial charge in [-0.3, -0.25) is 0 Å². The molecule has 0 fully saturated rings. The molecule has 0 aliphatic heterocycles. The first-order valence-corrected chi connectivity index (χ1v) is 3.43. The van der Waals surface area contributed by atoms with Crippen molar-refractivity contribution in [2.45, 2.75) is 0 Å². The molecule has 0 aliphatic rings. The standard InChI is InChI=1S/C9H8F2O/c1-2-5-12-9-6-7(10)3-4-8(9)11/h2-4,6H,1,5H2. The van der Waals surface area contributed by atoms with E-state index in [-0.39, 0.29) is 12.4 Å². The van der Waals surface area contributed by atoms with Crippen molar-refractivity contribution < 1.29 is 13.5 Å². The van der Waals surface area contributed by atoms with Crippen molar-refractivity contribution >= 4 is 0 Å². The van der Waals surface area contributed by atoms with Crippen molar-refractivity contribution in [2.24, 2.45) is 0 Å². The summed E-state index contributed by atoms with van der Waals surface area (Å²) in [6.45, 7) is 3.55. The number of ether oxygens (including phenoxy) is 1. The molecule has 3 heteroatoms.